The molecule has 1 aliphatic rings. The van der Waals surface area contributed by atoms with E-state index in [0.29, 0.717) is 0 Å². The molecule has 2 rings (SSSR count). The van der Waals surface area contributed by atoms with Crippen LogP contribution >= 0.6 is 0 Å². The van der Waals surface area contributed by atoms with Gasteiger partial charge >= 0.3 is 13.1 Å². The summed E-state index contributed by atoms with van der Waals surface area (Å²) >= 11 is 0. The van der Waals surface area contributed by atoms with Crippen molar-refractivity contribution in [2.45, 2.75) is 0 Å². The number of esters is 1. The van der Waals surface area contributed by atoms with Crippen molar-refractivity contribution in [1.82, 2.24) is 4.90 Å². The standard InChI is InChI=1S/C14H16BN3O8/c1-26-14(21)11-7-17(2-3-19)13(20)12(11)16-9-4-8(15(22)23)5-10(6-9)18(24)25/h4-6,16,19,22-23H,2-3,7H2,1H3. The number of benzene rings is 1. The number of β-amino-alcohol motifs (C(OH)–C–C–N with tert-alkyl or cyclic N) is 1. The minimum absolute atomic E-state index is 0.0106. The van der Waals surface area contributed by atoms with Gasteiger partial charge in [0.1, 0.15) is 5.70 Å². The molecular formula is C14H16BN3O8. The van der Waals surface area contributed by atoms with Gasteiger partial charge in [-0.3, -0.25) is 14.9 Å². The van der Waals surface area contributed by atoms with Crippen LogP contribution in [0.2, 0.25) is 0 Å². The van der Waals surface area contributed by atoms with E-state index in [4.69, 9.17) is 5.11 Å². The summed E-state index contributed by atoms with van der Waals surface area (Å²) in [6, 6.07) is 3.25. The first-order valence-corrected chi connectivity index (χ1v) is 7.42. The topological polar surface area (TPSA) is 162 Å². The van der Waals surface area contributed by atoms with Crippen molar-refractivity contribution in [1.29, 1.82) is 0 Å². The largest absolute Gasteiger partial charge is 0.488 e. The van der Waals surface area contributed by atoms with E-state index in [0.717, 1.165) is 19.2 Å². The van der Waals surface area contributed by atoms with Gasteiger partial charge in [0.25, 0.3) is 11.6 Å². The molecule has 4 N–H and O–H groups in total. The van der Waals surface area contributed by atoms with Crippen LogP contribution in [0, 0.1) is 10.1 Å². The Hall–Kier alpha value is -2.96. The highest BCUT2D eigenvalue weighted by molar-refractivity contribution is 6.58. The first-order chi connectivity index (χ1) is 12.3. The van der Waals surface area contributed by atoms with Crippen molar-refractivity contribution in [3.05, 3.63) is 39.6 Å². The monoisotopic (exact) mass is 365 g/mol. The van der Waals surface area contributed by atoms with Gasteiger partial charge in [0.15, 0.2) is 0 Å². The van der Waals surface area contributed by atoms with E-state index < -0.39 is 29.6 Å². The number of amides is 1. The molecule has 1 amide bonds. The number of methoxy groups -OCH3 is 1. The number of nitrogens with one attached hydrogen (secondary N) is 1. The molecule has 0 spiro atoms. The Bertz CT molecular complexity index is 779. The summed E-state index contributed by atoms with van der Waals surface area (Å²) in [6.07, 6.45) is 0. The minimum Gasteiger partial charge on any atom is -0.466 e. The second kappa shape index (κ2) is 7.95. The van der Waals surface area contributed by atoms with Crippen LogP contribution in [0.3, 0.4) is 0 Å². The fourth-order valence-electron chi connectivity index (χ4n) is 2.45. The molecule has 1 aromatic carbocycles. The molecule has 0 aliphatic carbocycles. The van der Waals surface area contributed by atoms with Crippen molar-refractivity contribution in [3.63, 3.8) is 0 Å². The molecular weight excluding hydrogens is 349 g/mol. The van der Waals surface area contributed by atoms with Gasteiger partial charge in [-0.05, 0) is 11.5 Å². The smallest absolute Gasteiger partial charge is 0.466 e. The molecule has 0 saturated heterocycles. The average molecular weight is 365 g/mol. The third-order valence-electron chi connectivity index (χ3n) is 3.67. The lowest BCUT2D eigenvalue weighted by molar-refractivity contribution is -0.384. The van der Waals surface area contributed by atoms with Gasteiger partial charge in [-0.1, -0.05) is 0 Å². The number of aliphatic hydroxyl groups excluding tert-OH is 1. The van der Waals surface area contributed by atoms with Crippen LogP contribution in [-0.4, -0.2) is 70.8 Å². The third-order valence-corrected chi connectivity index (χ3v) is 3.67. The molecule has 1 heterocycles. The van der Waals surface area contributed by atoms with E-state index in [-0.39, 0.29) is 42.1 Å². The Kier molecular flexibility index (Phi) is 5.92. The maximum Gasteiger partial charge on any atom is 0.488 e. The second-order valence-electron chi connectivity index (χ2n) is 5.36. The second-order valence-corrected chi connectivity index (χ2v) is 5.36. The summed E-state index contributed by atoms with van der Waals surface area (Å²) < 4.78 is 4.63. The summed E-state index contributed by atoms with van der Waals surface area (Å²) in [5, 5.41) is 41.2. The molecule has 0 radical (unpaired) electrons. The SMILES string of the molecule is COC(=O)C1=C(Nc2cc(B(O)O)cc([N+](=O)[O-])c2)C(=O)N(CCO)C1. The highest BCUT2D eigenvalue weighted by Crippen LogP contribution is 2.24. The van der Waals surface area contributed by atoms with Gasteiger partial charge in [-0.15, -0.1) is 0 Å². The Morgan fingerprint density at radius 2 is 2.12 bits per heavy atom. The molecule has 11 nitrogen and oxygen atoms in total. The zero-order valence-electron chi connectivity index (χ0n) is 13.7. The molecule has 0 aromatic heterocycles. The highest BCUT2D eigenvalue weighted by atomic mass is 16.6. The van der Waals surface area contributed by atoms with Gasteiger partial charge in [0, 0.05) is 24.4 Å². The van der Waals surface area contributed by atoms with Crippen LogP contribution in [0.1, 0.15) is 0 Å². The van der Waals surface area contributed by atoms with Crippen molar-refractivity contribution < 1.29 is 34.4 Å². The maximum absolute atomic E-state index is 12.4. The Balaban J connectivity index is 2.44. The summed E-state index contributed by atoms with van der Waals surface area (Å²) in [4.78, 5) is 35.8. The van der Waals surface area contributed by atoms with E-state index in [1.807, 2.05) is 0 Å². The van der Waals surface area contributed by atoms with E-state index >= 15 is 0 Å². The number of ether oxygens (including phenoxy) is 1. The number of nitro groups is 1. The van der Waals surface area contributed by atoms with Gasteiger partial charge in [-0.25, -0.2) is 4.79 Å². The number of rotatable bonds is 7. The molecule has 0 fully saturated rings. The number of hydrogen-bond donors (Lipinski definition) is 4. The molecule has 138 valence electrons. The van der Waals surface area contributed by atoms with Gasteiger partial charge in [-0.2, -0.15) is 0 Å². The zero-order chi connectivity index (χ0) is 19.4. The zero-order valence-corrected chi connectivity index (χ0v) is 13.7. The average Bonchev–Trinajstić information content (AvgIpc) is 2.90. The van der Waals surface area contributed by atoms with Crippen molar-refractivity contribution in [2.24, 2.45) is 0 Å². The normalized spacial score (nSPS) is 13.8. The van der Waals surface area contributed by atoms with Crippen molar-refractivity contribution in [2.75, 3.05) is 32.1 Å². The van der Waals surface area contributed by atoms with E-state index in [2.05, 4.69) is 10.1 Å². The van der Waals surface area contributed by atoms with E-state index in [1.54, 1.807) is 0 Å². The number of nitrogens with zero attached hydrogens (tertiary/aromatic N) is 2. The van der Waals surface area contributed by atoms with Crippen molar-refractivity contribution in [3.8, 4) is 0 Å². The molecule has 0 saturated carbocycles. The highest BCUT2D eigenvalue weighted by Gasteiger charge is 2.34. The lowest BCUT2D eigenvalue weighted by Crippen LogP contribution is -2.32. The number of hydrogen-bond acceptors (Lipinski definition) is 9. The Morgan fingerprint density at radius 1 is 1.42 bits per heavy atom. The summed E-state index contributed by atoms with van der Waals surface area (Å²) in [6.45, 7) is -0.427. The molecule has 1 aliphatic heterocycles. The third kappa shape index (κ3) is 3.99. The molecule has 0 bridgehead atoms. The molecule has 0 atom stereocenters. The summed E-state index contributed by atoms with van der Waals surface area (Å²) in [7, 11) is -0.825. The summed E-state index contributed by atoms with van der Waals surface area (Å²) in [5.74, 6) is -1.37. The van der Waals surface area contributed by atoms with Crippen molar-refractivity contribution >= 4 is 35.8 Å². The number of anilines is 1. The van der Waals surface area contributed by atoms with Crippen LogP contribution < -0.4 is 10.8 Å². The number of non-ortho nitro benzene ring substituents is 1. The van der Waals surface area contributed by atoms with Gasteiger partial charge in [0.05, 0.1) is 30.8 Å². The van der Waals surface area contributed by atoms with Crippen LogP contribution in [0.5, 0.6) is 0 Å². The summed E-state index contributed by atoms with van der Waals surface area (Å²) in [5.41, 5.74) is -0.763. The molecule has 1 aromatic rings. The Morgan fingerprint density at radius 3 is 2.65 bits per heavy atom. The van der Waals surface area contributed by atoms with Gasteiger partial charge < -0.3 is 30.1 Å². The fourth-order valence-corrected chi connectivity index (χ4v) is 2.45. The van der Waals surface area contributed by atoms with Crippen LogP contribution in [0.4, 0.5) is 11.4 Å². The minimum atomic E-state index is -1.96. The van der Waals surface area contributed by atoms with Crippen LogP contribution in [0.15, 0.2) is 29.5 Å². The molecule has 26 heavy (non-hydrogen) atoms. The lowest BCUT2D eigenvalue weighted by Gasteiger charge is -2.15. The quantitative estimate of drug-likeness (QED) is 0.184. The number of aliphatic hydroxyl groups is 1. The first kappa shape index (κ1) is 19.4. The maximum atomic E-state index is 12.4. The van der Waals surface area contributed by atoms with Crippen LogP contribution in [-0.2, 0) is 14.3 Å². The lowest BCUT2D eigenvalue weighted by atomic mass is 9.80. The van der Waals surface area contributed by atoms with E-state index in [9.17, 15) is 29.8 Å². The fraction of sp³-hybridized carbons (Fsp3) is 0.286. The predicted octanol–water partition coefficient (Wildman–Crippen LogP) is -2.05. The van der Waals surface area contributed by atoms with Gasteiger partial charge in [0.2, 0.25) is 0 Å². The predicted molar refractivity (Wildman–Crippen MR) is 89.3 cm³/mol. The number of nitro benzene ring substituents is 1. The van der Waals surface area contributed by atoms with Crippen LogP contribution in [0.25, 0.3) is 0 Å². The number of carbonyl (C=O) groups excluding carboxylic acids is 2. The first-order valence-electron chi connectivity index (χ1n) is 7.42. The Labute approximate surface area is 147 Å². The molecule has 12 heteroatoms. The molecule has 0 unspecified atom stereocenters. The van der Waals surface area contributed by atoms with E-state index in [1.165, 1.54) is 11.0 Å². The number of carbonyl (C=O) groups is 2.